The van der Waals surface area contributed by atoms with E-state index in [1.165, 1.54) is 13.8 Å². The molecule has 1 N–H and O–H groups in total. The first-order valence-electron chi connectivity index (χ1n) is 5.47. The molecule has 0 saturated heterocycles. The van der Waals surface area contributed by atoms with Gasteiger partial charge in [0.15, 0.2) is 0 Å². The first-order chi connectivity index (χ1) is 7.48. The fraction of sp³-hybridized carbons (Fsp3) is 0.909. The summed E-state index contributed by atoms with van der Waals surface area (Å²) in [6, 6.07) is 0. The van der Waals surface area contributed by atoms with Crippen LogP contribution in [0.2, 0.25) is 0 Å². The maximum absolute atomic E-state index is 13.6. The first kappa shape index (κ1) is 14.3. The molecule has 0 aliphatic heterocycles. The van der Waals surface area contributed by atoms with Crippen molar-refractivity contribution < 1.29 is 27.5 Å². The number of rotatable bonds is 3. The molecule has 6 heteroatoms. The molecule has 0 aromatic heterocycles. The van der Waals surface area contributed by atoms with Crippen LogP contribution in [0.15, 0.2) is 0 Å². The normalized spacial score (nSPS) is 30.6. The Labute approximate surface area is 97.0 Å². The lowest BCUT2D eigenvalue weighted by molar-refractivity contribution is -0.228. The highest BCUT2D eigenvalue weighted by Crippen LogP contribution is 2.50. The van der Waals surface area contributed by atoms with Crippen LogP contribution in [0, 0.1) is 11.3 Å². The van der Waals surface area contributed by atoms with Crippen molar-refractivity contribution in [1.29, 1.82) is 0 Å². The summed E-state index contributed by atoms with van der Waals surface area (Å²) in [7, 11) is 0. The van der Waals surface area contributed by atoms with Crippen LogP contribution in [-0.4, -0.2) is 22.9 Å². The predicted molar refractivity (Wildman–Crippen MR) is 53.3 cm³/mol. The van der Waals surface area contributed by atoms with Gasteiger partial charge >= 0.3 is 12.1 Å². The van der Waals surface area contributed by atoms with Gasteiger partial charge in [0.2, 0.25) is 5.67 Å². The molecule has 0 bridgehead atoms. The van der Waals surface area contributed by atoms with Crippen molar-refractivity contribution in [3.05, 3.63) is 0 Å². The largest absolute Gasteiger partial charge is 0.481 e. The standard InChI is InChI=1S/C11H16F4O2/c1-9(2,8(16)17)5-7-3-4-10(12,6-7)11(13,14)15/h7H,3-6H2,1-2H3,(H,16,17). The Balaban J connectivity index is 2.67. The number of aliphatic carboxylic acids is 1. The third-order valence-corrected chi connectivity index (χ3v) is 3.45. The van der Waals surface area contributed by atoms with E-state index in [9.17, 15) is 22.4 Å². The minimum atomic E-state index is -4.85. The summed E-state index contributed by atoms with van der Waals surface area (Å²) >= 11 is 0. The molecule has 0 aromatic carbocycles. The third kappa shape index (κ3) is 2.90. The number of carboxylic acids is 1. The Bertz CT molecular complexity index is 311. The van der Waals surface area contributed by atoms with Crippen LogP contribution in [0.4, 0.5) is 17.6 Å². The zero-order valence-corrected chi connectivity index (χ0v) is 9.77. The predicted octanol–water partition coefficient (Wildman–Crippen LogP) is 3.56. The van der Waals surface area contributed by atoms with Crippen molar-refractivity contribution in [3.63, 3.8) is 0 Å². The van der Waals surface area contributed by atoms with E-state index in [2.05, 4.69) is 0 Å². The van der Waals surface area contributed by atoms with E-state index in [0.29, 0.717) is 0 Å². The second-order valence-corrected chi connectivity index (χ2v) is 5.47. The number of carbonyl (C=O) groups is 1. The van der Waals surface area contributed by atoms with Gasteiger partial charge < -0.3 is 5.11 Å². The van der Waals surface area contributed by atoms with E-state index >= 15 is 0 Å². The molecule has 1 saturated carbocycles. The molecule has 2 unspecified atom stereocenters. The number of hydrogen-bond donors (Lipinski definition) is 1. The van der Waals surface area contributed by atoms with Crippen LogP contribution in [-0.2, 0) is 4.79 Å². The zero-order valence-electron chi connectivity index (χ0n) is 9.77. The van der Waals surface area contributed by atoms with Crippen molar-refractivity contribution in [2.45, 2.75) is 51.4 Å². The molecule has 1 aliphatic carbocycles. The van der Waals surface area contributed by atoms with Crippen LogP contribution in [0.25, 0.3) is 0 Å². The van der Waals surface area contributed by atoms with Crippen molar-refractivity contribution in [2.24, 2.45) is 11.3 Å². The monoisotopic (exact) mass is 256 g/mol. The topological polar surface area (TPSA) is 37.3 Å². The minimum Gasteiger partial charge on any atom is -0.481 e. The quantitative estimate of drug-likeness (QED) is 0.784. The number of halogens is 4. The van der Waals surface area contributed by atoms with Crippen molar-refractivity contribution in [2.75, 3.05) is 0 Å². The fourth-order valence-corrected chi connectivity index (χ4v) is 2.34. The lowest BCUT2D eigenvalue weighted by atomic mass is 9.81. The molecular weight excluding hydrogens is 240 g/mol. The van der Waals surface area contributed by atoms with Gasteiger partial charge in [0.25, 0.3) is 0 Å². The lowest BCUT2D eigenvalue weighted by Gasteiger charge is -2.25. The fourth-order valence-electron chi connectivity index (χ4n) is 2.34. The van der Waals surface area contributed by atoms with Gasteiger partial charge in [-0.05, 0) is 45.4 Å². The summed E-state index contributed by atoms with van der Waals surface area (Å²) in [5, 5.41) is 8.88. The molecule has 2 atom stereocenters. The molecule has 100 valence electrons. The molecular formula is C11H16F4O2. The highest BCUT2D eigenvalue weighted by atomic mass is 19.4. The molecule has 1 aliphatic rings. The van der Waals surface area contributed by atoms with Gasteiger partial charge in [-0.2, -0.15) is 13.2 Å². The number of alkyl halides is 4. The number of hydrogen-bond acceptors (Lipinski definition) is 1. The summed E-state index contributed by atoms with van der Waals surface area (Å²) in [5.41, 5.74) is -4.24. The zero-order chi connectivity index (χ0) is 13.5. The molecule has 0 heterocycles. The SMILES string of the molecule is CC(C)(CC1CCC(F)(C(F)(F)F)C1)C(=O)O. The second-order valence-electron chi connectivity index (χ2n) is 5.47. The molecule has 0 aromatic rings. The molecule has 0 radical (unpaired) electrons. The summed E-state index contributed by atoms with van der Waals surface area (Å²) in [6.07, 6.45) is -5.87. The molecule has 2 nitrogen and oxygen atoms in total. The highest BCUT2D eigenvalue weighted by Gasteiger charge is 2.59. The van der Waals surface area contributed by atoms with Crippen LogP contribution in [0.5, 0.6) is 0 Å². The maximum Gasteiger partial charge on any atom is 0.422 e. The smallest absolute Gasteiger partial charge is 0.422 e. The molecule has 0 amide bonds. The van der Waals surface area contributed by atoms with Crippen molar-refractivity contribution in [1.82, 2.24) is 0 Å². The van der Waals surface area contributed by atoms with Gasteiger partial charge in [0.1, 0.15) is 0 Å². The minimum absolute atomic E-state index is 0.0735. The van der Waals surface area contributed by atoms with Gasteiger partial charge in [-0.3, -0.25) is 4.79 Å². The Kier molecular flexibility index (Phi) is 3.47. The Morgan fingerprint density at radius 1 is 1.41 bits per heavy atom. The van der Waals surface area contributed by atoms with Crippen LogP contribution < -0.4 is 0 Å². The summed E-state index contributed by atoms with van der Waals surface area (Å²) in [5.74, 6) is -1.59. The van der Waals surface area contributed by atoms with Gasteiger partial charge in [-0.25, -0.2) is 4.39 Å². The highest BCUT2D eigenvalue weighted by molar-refractivity contribution is 5.73. The van der Waals surface area contributed by atoms with Crippen LogP contribution >= 0.6 is 0 Å². The molecule has 1 rings (SSSR count). The van der Waals surface area contributed by atoms with Gasteiger partial charge in [0.05, 0.1) is 5.41 Å². The van der Waals surface area contributed by atoms with Gasteiger partial charge in [-0.1, -0.05) is 0 Å². The molecule has 0 spiro atoms. The van der Waals surface area contributed by atoms with Crippen molar-refractivity contribution >= 4 is 5.97 Å². The Hall–Kier alpha value is -0.810. The van der Waals surface area contributed by atoms with E-state index in [1.807, 2.05) is 0 Å². The van der Waals surface area contributed by atoms with Crippen LogP contribution in [0.3, 0.4) is 0 Å². The molecule has 17 heavy (non-hydrogen) atoms. The van der Waals surface area contributed by atoms with Gasteiger partial charge in [-0.15, -0.1) is 0 Å². The lowest BCUT2D eigenvalue weighted by Crippen LogP contribution is -2.38. The van der Waals surface area contributed by atoms with E-state index < -0.39 is 42.0 Å². The van der Waals surface area contributed by atoms with E-state index in [-0.39, 0.29) is 12.8 Å². The number of carboxylic acid groups (broad SMARTS) is 1. The third-order valence-electron chi connectivity index (χ3n) is 3.45. The summed E-state index contributed by atoms with van der Waals surface area (Å²) in [4.78, 5) is 10.9. The van der Waals surface area contributed by atoms with Gasteiger partial charge in [0, 0.05) is 0 Å². The Morgan fingerprint density at radius 2 is 1.94 bits per heavy atom. The Morgan fingerprint density at radius 3 is 2.29 bits per heavy atom. The van der Waals surface area contributed by atoms with Crippen LogP contribution in [0.1, 0.15) is 39.5 Å². The average Bonchev–Trinajstić information content (AvgIpc) is 2.46. The summed E-state index contributed by atoms with van der Waals surface area (Å²) < 4.78 is 50.8. The summed E-state index contributed by atoms with van der Waals surface area (Å²) in [6.45, 7) is 2.89. The maximum atomic E-state index is 13.6. The molecule has 1 fully saturated rings. The van der Waals surface area contributed by atoms with Crippen molar-refractivity contribution in [3.8, 4) is 0 Å². The van der Waals surface area contributed by atoms with E-state index in [4.69, 9.17) is 5.11 Å². The van der Waals surface area contributed by atoms with E-state index in [0.717, 1.165) is 0 Å². The van der Waals surface area contributed by atoms with E-state index in [1.54, 1.807) is 0 Å². The second kappa shape index (κ2) is 4.14. The average molecular weight is 256 g/mol. The first-order valence-corrected chi connectivity index (χ1v) is 5.47.